The first kappa shape index (κ1) is 13.5. The highest BCUT2D eigenvalue weighted by Crippen LogP contribution is 2.18. The lowest BCUT2D eigenvalue weighted by Gasteiger charge is -2.28. The smallest absolute Gasteiger partial charge is 0.0425 e. The Morgan fingerprint density at radius 1 is 1.00 bits per heavy atom. The summed E-state index contributed by atoms with van der Waals surface area (Å²) in [4.78, 5) is 0. The van der Waals surface area contributed by atoms with Crippen LogP contribution in [-0.4, -0.2) is 23.8 Å². The third-order valence-corrected chi connectivity index (χ3v) is 3.20. The van der Waals surface area contributed by atoms with E-state index in [0.29, 0.717) is 17.2 Å². The van der Waals surface area contributed by atoms with Gasteiger partial charge in [0.25, 0.3) is 0 Å². The molecule has 13 heavy (non-hydrogen) atoms. The number of hydrogen-bond donors (Lipinski definition) is 1. The van der Waals surface area contributed by atoms with Crippen molar-refractivity contribution in [2.24, 2.45) is 5.41 Å². The summed E-state index contributed by atoms with van der Waals surface area (Å²) in [6.07, 6.45) is 1.14. The average Bonchev–Trinajstić information content (AvgIpc) is 2.02. The second kappa shape index (κ2) is 5.43. The van der Waals surface area contributed by atoms with Crippen LogP contribution in [0.4, 0.5) is 0 Å². The van der Waals surface area contributed by atoms with Gasteiger partial charge in [-0.05, 0) is 25.3 Å². The summed E-state index contributed by atoms with van der Waals surface area (Å²) in [6, 6.07) is 0. The topological polar surface area (TPSA) is 12.0 Å². The number of nitrogens with one attached hydrogen (secondary N) is 1. The molecule has 0 fully saturated rings. The van der Waals surface area contributed by atoms with Crippen LogP contribution in [0.1, 0.15) is 34.1 Å². The third kappa shape index (κ3) is 6.59. The van der Waals surface area contributed by atoms with Gasteiger partial charge in [-0.15, -0.1) is 23.2 Å². The van der Waals surface area contributed by atoms with E-state index in [1.54, 1.807) is 0 Å². The van der Waals surface area contributed by atoms with E-state index in [1.807, 2.05) is 0 Å². The summed E-state index contributed by atoms with van der Waals surface area (Å²) in [5.41, 5.74) is 0.251. The van der Waals surface area contributed by atoms with Crippen molar-refractivity contribution in [2.45, 2.75) is 39.7 Å². The first-order valence-electron chi connectivity index (χ1n) is 4.70. The quantitative estimate of drug-likeness (QED) is 0.709. The Kier molecular flexibility index (Phi) is 5.65. The van der Waals surface area contributed by atoms with Crippen molar-refractivity contribution in [1.82, 2.24) is 5.32 Å². The Balaban J connectivity index is 3.74. The summed E-state index contributed by atoms with van der Waals surface area (Å²) in [6.45, 7) is 9.71. The zero-order valence-electron chi connectivity index (χ0n) is 9.08. The molecular weight excluding hydrogens is 205 g/mol. The molecule has 0 aliphatic rings. The molecule has 80 valence electrons. The van der Waals surface area contributed by atoms with E-state index in [4.69, 9.17) is 23.2 Å². The monoisotopic (exact) mass is 225 g/mol. The molecule has 0 rings (SSSR count). The van der Waals surface area contributed by atoms with Crippen LogP contribution in [0.15, 0.2) is 0 Å². The van der Waals surface area contributed by atoms with E-state index in [-0.39, 0.29) is 5.54 Å². The molecule has 0 bridgehead atoms. The van der Waals surface area contributed by atoms with Crippen LogP contribution in [-0.2, 0) is 0 Å². The van der Waals surface area contributed by atoms with Crippen LogP contribution >= 0.6 is 23.2 Å². The lowest BCUT2D eigenvalue weighted by atomic mass is 9.92. The van der Waals surface area contributed by atoms with Crippen molar-refractivity contribution >= 4 is 23.2 Å². The van der Waals surface area contributed by atoms with Gasteiger partial charge in [-0.25, -0.2) is 0 Å². The van der Waals surface area contributed by atoms with E-state index < -0.39 is 0 Å². The van der Waals surface area contributed by atoms with E-state index in [0.717, 1.165) is 13.0 Å². The molecule has 0 aliphatic carbocycles. The van der Waals surface area contributed by atoms with E-state index in [2.05, 4.69) is 33.0 Å². The van der Waals surface area contributed by atoms with Gasteiger partial charge in [-0.2, -0.15) is 0 Å². The molecule has 1 nitrogen and oxygen atoms in total. The normalized spacial score (nSPS) is 13.4. The molecule has 0 saturated heterocycles. The Morgan fingerprint density at radius 2 is 1.46 bits per heavy atom. The van der Waals surface area contributed by atoms with Crippen molar-refractivity contribution in [2.75, 3.05) is 18.3 Å². The Labute approximate surface area is 92.2 Å². The van der Waals surface area contributed by atoms with Crippen LogP contribution in [0.3, 0.4) is 0 Å². The number of halogens is 2. The van der Waals surface area contributed by atoms with Gasteiger partial charge in [-0.3, -0.25) is 0 Å². The Morgan fingerprint density at radius 3 is 1.77 bits per heavy atom. The molecule has 0 aromatic rings. The predicted molar refractivity (Wildman–Crippen MR) is 61.9 cm³/mol. The molecule has 0 unspecified atom stereocenters. The van der Waals surface area contributed by atoms with Gasteiger partial charge in [0.2, 0.25) is 0 Å². The van der Waals surface area contributed by atoms with Gasteiger partial charge in [0.15, 0.2) is 0 Å². The fourth-order valence-electron chi connectivity index (χ4n) is 0.869. The fraction of sp³-hybridized carbons (Fsp3) is 1.00. The third-order valence-electron chi connectivity index (χ3n) is 2.02. The lowest BCUT2D eigenvalue weighted by molar-refractivity contribution is 0.334. The molecule has 1 N–H and O–H groups in total. The molecule has 0 saturated carbocycles. The number of alkyl halides is 2. The first-order valence-corrected chi connectivity index (χ1v) is 5.77. The van der Waals surface area contributed by atoms with Crippen molar-refractivity contribution in [1.29, 1.82) is 0 Å². The Bertz CT molecular complexity index is 136. The summed E-state index contributed by atoms with van der Waals surface area (Å²) < 4.78 is 0. The lowest BCUT2D eigenvalue weighted by Crippen LogP contribution is -2.46. The highest BCUT2D eigenvalue weighted by atomic mass is 35.5. The van der Waals surface area contributed by atoms with Gasteiger partial charge in [-0.1, -0.05) is 20.8 Å². The Hall–Kier alpha value is 0.540. The van der Waals surface area contributed by atoms with Gasteiger partial charge in [0, 0.05) is 17.3 Å². The minimum atomic E-state index is -0.117. The molecule has 0 amide bonds. The van der Waals surface area contributed by atoms with E-state index >= 15 is 0 Å². The van der Waals surface area contributed by atoms with Crippen molar-refractivity contribution < 1.29 is 0 Å². The molecule has 0 radical (unpaired) electrons. The van der Waals surface area contributed by atoms with Crippen LogP contribution in [0.5, 0.6) is 0 Å². The summed E-state index contributed by atoms with van der Waals surface area (Å²) >= 11 is 11.6. The SMILES string of the molecule is CC(C)(C)CCNC(C)(CCl)CCl. The highest BCUT2D eigenvalue weighted by molar-refractivity contribution is 6.22. The second-order valence-electron chi connectivity index (χ2n) is 5.07. The van der Waals surface area contributed by atoms with Gasteiger partial charge in [0.1, 0.15) is 0 Å². The minimum Gasteiger partial charge on any atom is -0.309 e. The van der Waals surface area contributed by atoms with Gasteiger partial charge in [0.05, 0.1) is 0 Å². The van der Waals surface area contributed by atoms with Crippen molar-refractivity contribution in [3.05, 3.63) is 0 Å². The average molecular weight is 226 g/mol. The maximum absolute atomic E-state index is 5.81. The highest BCUT2D eigenvalue weighted by Gasteiger charge is 2.21. The molecule has 0 aromatic heterocycles. The van der Waals surface area contributed by atoms with Crippen LogP contribution < -0.4 is 5.32 Å². The zero-order chi connectivity index (χ0) is 10.5. The molecule has 0 aromatic carbocycles. The number of rotatable bonds is 5. The van der Waals surface area contributed by atoms with E-state index in [9.17, 15) is 0 Å². The summed E-state index contributed by atoms with van der Waals surface area (Å²) in [5.74, 6) is 1.11. The van der Waals surface area contributed by atoms with Crippen LogP contribution in [0, 0.1) is 5.41 Å². The largest absolute Gasteiger partial charge is 0.309 e. The molecular formula is C10H21Cl2N. The summed E-state index contributed by atoms with van der Waals surface area (Å²) in [5, 5.41) is 3.39. The summed E-state index contributed by atoms with van der Waals surface area (Å²) in [7, 11) is 0. The van der Waals surface area contributed by atoms with Crippen molar-refractivity contribution in [3.63, 3.8) is 0 Å². The second-order valence-corrected chi connectivity index (χ2v) is 5.60. The molecule has 0 atom stereocenters. The molecule has 0 heterocycles. The van der Waals surface area contributed by atoms with Gasteiger partial charge >= 0.3 is 0 Å². The van der Waals surface area contributed by atoms with Gasteiger partial charge < -0.3 is 5.32 Å². The first-order chi connectivity index (χ1) is 5.83. The zero-order valence-corrected chi connectivity index (χ0v) is 10.6. The maximum atomic E-state index is 5.81. The maximum Gasteiger partial charge on any atom is 0.0425 e. The molecule has 0 spiro atoms. The van der Waals surface area contributed by atoms with Crippen LogP contribution in [0.2, 0.25) is 0 Å². The standard InChI is InChI=1S/C10H21Cl2N/c1-9(2,3)5-6-13-10(4,7-11)8-12/h13H,5-8H2,1-4H3. The minimum absolute atomic E-state index is 0.117. The fourth-order valence-corrected chi connectivity index (χ4v) is 1.34. The van der Waals surface area contributed by atoms with Crippen LogP contribution in [0.25, 0.3) is 0 Å². The van der Waals surface area contributed by atoms with Crippen molar-refractivity contribution in [3.8, 4) is 0 Å². The molecule has 3 heteroatoms. The number of hydrogen-bond acceptors (Lipinski definition) is 1. The molecule has 0 aliphatic heterocycles. The van der Waals surface area contributed by atoms with E-state index in [1.165, 1.54) is 0 Å². The predicted octanol–water partition coefficient (Wildman–Crippen LogP) is 3.25.